The molecule has 0 aliphatic heterocycles. The SMILES string of the molecule is CC(C)(C)OC(=O)N(Br)c1cccc([N+](=O)[O-])c1. The standard InChI is InChI=1S/C11H13BrN2O4/c1-11(2,3)18-10(15)13(12)8-5-4-6-9(7-8)14(16)17/h4-7H,1-3H3. The Hall–Kier alpha value is -1.63. The maximum atomic E-state index is 11.7. The molecule has 1 amide bonds. The molecule has 0 fully saturated rings. The summed E-state index contributed by atoms with van der Waals surface area (Å²) in [5.41, 5.74) is -0.400. The molecule has 0 unspecified atom stereocenters. The average Bonchev–Trinajstić information content (AvgIpc) is 2.26. The highest BCUT2D eigenvalue weighted by molar-refractivity contribution is 9.10. The summed E-state index contributed by atoms with van der Waals surface area (Å²) in [5, 5.41) is 10.6. The van der Waals surface area contributed by atoms with E-state index in [1.165, 1.54) is 18.2 Å². The summed E-state index contributed by atoms with van der Waals surface area (Å²) >= 11 is 3.02. The van der Waals surface area contributed by atoms with Gasteiger partial charge in [-0.15, -0.1) is 0 Å². The van der Waals surface area contributed by atoms with E-state index in [0.29, 0.717) is 5.69 Å². The van der Waals surface area contributed by atoms with Gasteiger partial charge in [-0.3, -0.25) is 10.1 Å². The topological polar surface area (TPSA) is 72.7 Å². The van der Waals surface area contributed by atoms with E-state index in [1.807, 2.05) is 0 Å². The summed E-state index contributed by atoms with van der Waals surface area (Å²) in [5.74, 6) is 0. The van der Waals surface area contributed by atoms with Crippen LogP contribution in [0, 0.1) is 10.1 Å². The number of carbonyl (C=O) groups excluding carboxylic acids is 1. The quantitative estimate of drug-likeness (QED) is 0.474. The van der Waals surface area contributed by atoms with Crippen molar-refractivity contribution in [2.75, 3.05) is 3.93 Å². The number of rotatable bonds is 2. The average molecular weight is 317 g/mol. The molecule has 1 rings (SSSR count). The van der Waals surface area contributed by atoms with Gasteiger partial charge in [-0.1, -0.05) is 6.07 Å². The Balaban J connectivity index is 2.90. The van der Waals surface area contributed by atoms with Gasteiger partial charge in [0.2, 0.25) is 0 Å². The lowest BCUT2D eigenvalue weighted by atomic mass is 10.2. The zero-order valence-corrected chi connectivity index (χ0v) is 11.8. The molecule has 0 heterocycles. The molecular formula is C11H13BrN2O4. The molecule has 0 radical (unpaired) electrons. The monoisotopic (exact) mass is 316 g/mol. The fourth-order valence-electron chi connectivity index (χ4n) is 1.14. The number of non-ortho nitro benzene ring substituents is 1. The summed E-state index contributed by atoms with van der Waals surface area (Å²) in [7, 11) is 0. The predicted octanol–water partition coefficient (Wildman–Crippen LogP) is 3.65. The van der Waals surface area contributed by atoms with E-state index in [-0.39, 0.29) is 5.69 Å². The van der Waals surface area contributed by atoms with E-state index in [0.717, 1.165) is 3.93 Å². The summed E-state index contributed by atoms with van der Waals surface area (Å²) in [4.78, 5) is 21.8. The summed E-state index contributed by atoms with van der Waals surface area (Å²) < 4.78 is 6.17. The van der Waals surface area contributed by atoms with Crippen LogP contribution in [0.25, 0.3) is 0 Å². The first-order valence-corrected chi connectivity index (χ1v) is 5.85. The third-order valence-corrected chi connectivity index (χ3v) is 2.52. The number of halogens is 1. The number of hydrogen-bond donors (Lipinski definition) is 0. The maximum absolute atomic E-state index is 11.7. The lowest BCUT2D eigenvalue weighted by Gasteiger charge is -2.23. The molecule has 0 aromatic heterocycles. The van der Waals surface area contributed by atoms with Crippen molar-refractivity contribution in [3.8, 4) is 0 Å². The van der Waals surface area contributed by atoms with Gasteiger partial charge in [-0.25, -0.2) is 8.72 Å². The van der Waals surface area contributed by atoms with Gasteiger partial charge in [0.05, 0.1) is 26.8 Å². The molecule has 7 heteroatoms. The Morgan fingerprint density at radius 3 is 2.56 bits per heavy atom. The molecule has 0 aliphatic rings. The van der Waals surface area contributed by atoms with Crippen LogP contribution >= 0.6 is 16.1 Å². The molecule has 0 N–H and O–H groups in total. The van der Waals surface area contributed by atoms with Crippen LogP contribution in [-0.2, 0) is 4.74 Å². The molecule has 98 valence electrons. The first kappa shape index (κ1) is 14.4. The van der Waals surface area contributed by atoms with Gasteiger partial charge in [0.15, 0.2) is 0 Å². The Kier molecular flexibility index (Phi) is 4.28. The van der Waals surface area contributed by atoms with Crippen LogP contribution in [-0.4, -0.2) is 16.6 Å². The minimum Gasteiger partial charge on any atom is -0.443 e. The van der Waals surface area contributed by atoms with Crippen molar-refractivity contribution >= 4 is 33.6 Å². The minimum atomic E-state index is -0.636. The third kappa shape index (κ3) is 3.99. The van der Waals surface area contributed by atoms with E-state index in [4.69, 9.17) is 4.74 Å². The van der Waals surface area contributed by atoms with E-state index >= 15 is 0 Å². The number of nitro groups is 1. The Bertz CT molecular complexity index is 470. The smallest absolute Gasteiger partial charge is 0.425 e. The van der Waals surface area contributed by atoms with Crippen LogP contribution in [0.1, 0.15) is 20.8 Å². The highest BCUT2D eigenvalue weighted by Crippen LogP contribution is 2.25. The molecule has 0 atom stereocenters. The van der Waals surface area contributed by atoms with Crippen LogP contribution in [0.4, 0.5) is 16.2 Å². The second-order valence-corrected chi connectivity index (χ2v) is 5.25. The number of nitrogens with zero attached hydrogens (tertiary/aromatic N) is 2. The first-order valence-electron chi connectivity index (χ1n) is 5.14. The van der Waals surface area contributed by atoms with E-state index in [2.05, 4.69) is 16.1 Å². The molecule has 6 nitrogen and oxygen atoms in total. The van der Waals surface area contributed by atoms with Crippen molar-refractivity contribution in [2.45, 2.75) is 26.4 Å². The Labute approximate surface area is 113 Å². The molecule has 0 saturated heterocycles. The van der Waals surface area contributed by atoms with Gasteiger partial charge >= 0.3 is 6.09 Å². The highest BCUT2D eigenvalue weighted by Gasteiger charge is 2.22. The summed E-state index contributed by atoms with van der Waals surface area (Å²) in [6, 6.07) is 5.68. The van der Waals surface area contributed by atoms with Crippen LogP contribution in [0.3, 0.4) is 0 Å². The van der Waals surface area contributed by atoms with Crippen molar-refractivity contribution in [1.82, 2.24) is 0 Å². The number of carbonyl (C=O) groups is 1. The Morgan fingerprint density at radius 2 is 2.06 bits per heavy atom. The van der Waals surface area contributed by atoms with Gasteiger partial charge < -0.3 is 4.74 Å². The second-order valence-electron chi connectivity index (χ2n) is 4.54. The number of amides is 1. The summed E-state index contributed by atoms with van der Waals surface area (Å²) in [6.07, 6.45) is -0.636. The van der Waals surface area contributed by atoms with Gasteiger partial charge in [-0.2, -0.15) is 0 Å². The zero-order valence-electron chi connectivity index (χ0n) is 10.2. The third-order valence-electron chi connectivity index (χ3n) is 1.82. The predicted molar refractivity (Wildman–Crippen MR) is 70.7 cm³/mol. The van der Waals surface area contributed by atoms with Gasteiger partial charge in [0.25, 0.3) is 5.69 Å². The van der Waals surface area contributed by atoms with E-state index in [1.54, 1.807) is 26.8 Å². The molecule has 0 saturated carbocycles. The maximum Gasteiger partial charge on any atom is 0.425 e. The molecule has 0 spiro atoms. The number of hydrogen-bond acceptors (Lipinski definition) is 4. The molecule has 18 heavy (non-hydrogen) atoms. The van der Waals surface area contributed by atoms with Gasteiger partial charge in [-0.05, 0) is 26.8 Å². The molecule has 0 bridgehead atoms. The van der Waals surface area contributed by atoms with Crippen LogP contribution in [0.15, 0.2) is 24.3 Å². The molecule has 1 aromatic rings. The lowest BCUT2D eigenvalue weighted by Crippen LogP contribution is -2.30. The number of anilines is 1. The largest absolute Gasteiger partial charge is 0.443 e. The first-order chi connectivity index (χ1) is 8.20. The van der Waals surface area contributed by atoms with Crippen LogP contribution < -0.4 is 3.93 Å². The van der Waals surface area contributed by atoms with Gasteiger partial charge in [0.1, 0.15) is 5.60 Å². The molecule has 1 aromatic carbocycles. The zero-order chi connectivity index (χ0) is 13.9. The van der Waals surface area contributed by atoms with Crippen LogP contribution in [0.2, 0.25) is 0 Å². The van der Waals surface area contributed by atoms with Crippen molar-refractivity contribution in [3.63, 3.8) is 0 Å². The van der Waals surface area contributed by atoms with Crippen molar-refractivity contribution < 1.29 is 14.5 Å². The number of ether oxygens (including phenoxy) is 1. The fraction of sp³-hybridized carbons (Fsp3) is 0.364. The number of nitro benzene ring substituents is 1. The van der Waals surface area contributed by atoms with Crippen molar-refractivity contribution in [3.05, 3.63) is 34.4 Å². The van der Waals surface area contributed by atoms with E-state index in [9.17, 15) is 14.9 Å². The van der Waals surface area contributed by atoms with E-state index < -0.39 is 16.6 Å². The minimum absolute atomic E-state index is 0.0968. The van der Waals surface area contributed by atoms with Crippen molar-refractivity contribution in [1.29, 1.82) is 0 Å². The second kappa shape index (κ2) is 5.34. The summed E-state index contributed by atoms with van der Waals surface area (Å²) in [6.45, 7) is 5.21. The van der Waals surface area contributed by atoms with Gasteiger partial charge in [0, 0.05) is 12.1 Å². The Morgan fingerprint density at radius 1 is 1.44 bits per heavy atom. The van der Waals surface area contributed by atoms with Crippen molar-refractivity contribution in [2.24, 2.45) is 0 Å². The normalized spacial score (nSPS) is 10.9. The van der Waals surface area contributed by atoms with Crippen LogP contribution in [0.5, 0.6) is 0 Å². The molecule has 0 aliphatic carbocycles. The fourth-order valence-corrected chi connectivity index (χ4v) is 1.43. The number of benzene rings is 1. The lowest BCUT2D eigenvalue weighted by molar-refractivity contribution is -0.384. The highest BCUT2D eigenvalue weighted by atomic mass is 79.9. The molecular weight excluding hydrogens is 304 g/mol.